The Hall–Kier alpha value is -6.87. The number of aryl methyl sites for hydroxylation is 6. The van der Waals surface area contributed by atoms with Crippen LogP contribution in [0.4, 0.5) is 35.1 Å². The van der Waals surface area contributed by atoms with Crippen molar-refractivity contribution in [2.75, 3.05) is 54.5 Å². The molecule has 0 saturated carbocycles. The molecule has 0 radical (unpaired) electrons. The molecule has 0 spiro atoms. The van der Waals surface area contributed by atoms with E-state index in [-0.39, 0.29) is 107 Å². The first kappa shape index (κ1) is 88.2. The molecule has 0 aliphatic heterocycles. The summed E-state index contributed by atoms with van der Waals surface area (Å²) in [6.45, 7) is 26.6. The topological polar surface area (TPSA) is 199 Å². The Balaban J connectivity index is 0.000000551. The van der Waals surface area contributed by atoms with Crippen LogP contribution in [0.3, 0.4) is 0 Å². The van der Waals surface area contributed by atoms with E-state index in [0.29, 0.717) is 40.9 Å². The Bertz CT molecular complexity index is 3780. The number of pyridine rings is 2. The van der Waals surface area contributed by atoms with Crippen LogP contribution >= 0.6 is 27.0 Å². The second kappa shape index (κ2) is 37.7. The number of nitrogens with zero attached hydrogens (tertiary/aromatic N) is 4. The molecule has 99 heavy (non-hydrogen) atoms. The van der Waals surface area contributed by atoms with Gasteiger partial charge in [-0.3, -0.25) is 24.0 Å². The summed E-state index contributed by atoms with van der Waals surface area (Å²) in [6.07, 6.45) is -9.14. The second-order valence-corrected chi connectivity index (χ2v) is 27.7. The lowest BCUT2D eigenvalue weighted by Crippen LogP contribution is -2.41. The highest BCUT2D eigenvalue weighted by molar-refractivity contribution is 7.59. The fourth-order valence-corrected chi connectivity index (χ4v) is 11.5. The number of aliphatic hydroxyl groups is 2. The van der Waals surface area contributed by atoms with Crippen molar-refractivity contribution in [2.24, 2.45) is 16.6 Å². The summed E-state index contributed by atoms with van der Waals surface area (Å²) in [4.78, 5) is 67.8. The first-order valence-corrected chi connectivity index (χ1v) is 32.2. The average molecular weight is 1440 g/mol. The molecule has 2 heterocycles. The molecule has 6 aromatic rings. The maximum Gasteiger partial charge on any atom is 0.416 e. The van der Waals surface area contributed by atoms with Crippen molar-refractivity contribution in [3.63, 3.8) is 0 Å². The van der Waals surface area contributed by atoms with Gasteiger partial charge in [-0.2, -0.15) is 53.3 Å². The van der Waals surface area contributed by atoms with E-state index in [1.54, 1.807) is 83.9 Å². The summed E-state index contributed by atoms with van der Waals surface area (Å²) in [7, 11) is 6.92. The molecule has 0 fully saturated rings. The Labute approximate surface area is 591 Å². The number of halogens is 8. The molecule has 550 valence electrons. The first-order chi connectivity index (χ1) is 44.8. The van der Waals surface area contributed by atoms with E-state index in [1.165, 1.54) is 0 Å². The van der Waals surface area contributed by atoms with Crippen LogP contribution in [-0.2, 0) is 49.1 Å². The molecule has 25 heteroatoms. The van der Waals surface area contributed by atoms with Gasteiger partial charge in [-0.05, 0) is 211 Å². The van der Waals surface area contributed by atoms with Gasteiger partial charge in [0.05, 0.1) is 49.3 Å². The van der Waals surface area contributed by atoms with E-state index in [1.807, 2.05) is 112 Å². The van der Waals surface area contributed by atoms with Crippen molar-refractivity contribution < 1.29 is 69.2 Å². The number of benzene rings is 4. The number of ether oxygens (including phenoxy) is 2. The molecule has 15 nitrogen and oxygen atoms in total. The van der Waals surface area contributed by atoms with Crippen LogP contribution in [0.25, 0.3) is 22.3 Å². The van der Waals surface area contributed by atoms with Gasteiger partial charge >= 0.3 is 24.3 Å². The summed E-state index contributed by atoms with van der Waals surface area (Å²) >= 11 is 0. The molecular formula is C74H102F8N6O9S2. The van der Waals surface area contributed by atoms with E-state index >= 15 is 4.39 Å². The van der Waals surface area contributed by atoms with E-state index in [0.717, 1.165) is 60.5 Å². The molecule has 0 aliphatic carbocycles. The van der Waals surface area contributed by atoms with Gasteiger partial charge in [0.15, 0.2) is 6.29 Å². The molecule has 5 N–H and O–H groups in total. The number of carbonyl (C=O) groups is 3. The van der Waals surface area contributed by atoms with E-state index in [2.05, 4.69) is 5.32 Å². The lowest BCUT2D eigenvalue weighted by atomic mass is 9.87. The number of aromatic nitrogens is 2. The largest absolute Gasteiger partial charge is 0.466 e. The van der Waals surface area contributed by atoms with Gasteiger partial charge in [-0.15, -0.1) is 0 Å². The highest BCUT2D eigenvalue weighted by Gasteiger charge is 2.39. The van der Waals surface area contributed by atoms with Crippen LogP contribution in [0.1, 0.15) is 172 Å². The SMILES string of the molecule is CCOC(=O)C[C@H](N)c1cc(-c2c(C)cccc2C)cc(C)c1F.CCOC(=O)C[C@H](NC(=O)C(CC(C)(C)C)n1cc(CCN(C)C)c(C(F)(F)F)cc1=O)c1cc(-c2c(C)cccc2C)cc(C)c1F.CN(C)CCc1cn(C(CC(C)(C)C)C(O)O)c(=O)cc1C(F)(F)F.S.S. The Morgan fingerprint density at radius 1 is 0.566 bits per heavy atom. The minimum absolute atomic E-state index is 0. The predicted molar refractivity (Wildman–Crippen MR) is 384 cm³/mol. The number of aliphatic hydroxyl groups excluding tert-OH is 1. The molecule has 4 atom stereocenters. The molecule has 4 aromatic carbocycles. The van der Waals surface area contributed by atoms with E-state index in [9.17, 15) is 64.9 Å². The molecule has 0 saturated heterocycles. The number of likely N-dealkylation sites (N-methyl/N-ethyl adjacent to an activating group) is 2. The van der Waals surface area contributed by atoms with Crippen LogP contribution in [0.5, 0.6) is 0 Å². The van der Waals surface area contributed by atoms with Gasteiger partial charge in [-0.1, -0.05) is 77.9 Å². The van der Waals surface area contributed by atoms with Crippen molar-refractivity contribution in [1.29, 1.82) is 0 Å². The van der Waals surface area contributed by atoms with E-state index < -0.39 is 101 Å². The predicted octanol–water partition coefficient (Wildman–Crippen LogP) is 14.3. The second-order valence-electron chi connectivity index (χ2n) is 27.7. The van der Waals surface area contributed by atoms with Crippen molar-refractivity contribution in [2.45, 2.75) is 178 Å². The third kappa shape index (κ3) is 25.9. The van der Waals surface area contributed by atoms with Crippen molar-refractivity contribution in [3.05, 3.63) is 184 Å². The summed E-state index contributed by atoms with van der Waals surface area (Å²) in [5.74, 6) is -2.82. The van der Waals surface area contributed by atoms with Crippen molar-refractivity contribution in [3.8, 4) is 22.3 Å². The number of rotatable bonds is 23. The number of nitrogens with two attached hydrogens (primary N) is 1. The maximum absolute atomic E-state index is 16.0. The Morgan fingerprint density at radius 3 is 1.31 bits per heavy atom. The minimum Gasteiger partial charge on any atom is -0.466 e. The number of hydrogen-bond acceptors (Lipinski definition) is 12. The van der Waals surface area contributed by atoms with Gasteiger partial charge in [0.2, 0.25) is 5.91 Å². The summed E-state index contributed by atoms with van der Waals surface area (Å²) < 4.78 is 124. The zero-order chi connectivity index (χ0) is 73.6. The number of esters is 2. The van der Waals surface area contributed by atoms with Crippen molar-refractivity contribution in [1.82, 2.24) is 24.3 Å². The Kier molecular flexibility index (Phi) is 33.6. The fourth-order valence-electron chi connectivity index (χ4n) is 11.5. The monoisotopic (exact) mass is 1430 g/mol. The van der Waals surface area contributed by atoms with Gasteiger partial charge in [0, 0.05) is 54.8 Å². The molecule has 2 aromatic heterocycles. The van der Waals surface area contributed by atoms with Gasteiger partial charge in [0.25, 0.3) is 11.1 Å². The van der Waals surface area contributed by atoms with Gasteiger partial charge in [-0.25, -0.2) is 8.78 Å². The van der Waals surface area contributed by atoms with Crippen LogP contribution in [0, 0.1) is 64.0 Å². The number of alkyl halides is 6. The van der Waals surface area contributed by atoms with E-state index in [4.69, 9.17) is 15.2 Å². The highest BCUT2D eigenvalue weighted by Crippen LogP contribution is 2.39. The molecule has 0 bridgehead atoms. The number of carbonyl (C=O) groups excluding carboxylic acids is 3. The van der Waals surface area contributed by atoms with Crippen LogP contribution < -0.4 is 22.2 Å². The van der Waals surface area contributed by atoms with Crippen LogP contribution in [0.15, 0.2) is 94.8 Å². The standard InChI is InChI=1S/C37H47F4N3O4.C20H24FNO2.C17H27F3N2O3.2H2S/c1-10-48-32(46)19-29(27-17-26(16-24(4)34(27)38)33-22(2)12-11-13-23(33)3)42-35(47)30(20-36(5,6)7)44-21-25(14-15-43(8)9)28(18-31(44)45)37(39,40)41;1-5-24-18(23)11-17(22)16-10-15(9-14(4)20(16)21)19-12(2)7-6-8-13(19)3;1-16(2,3)9-13(15(24)25)22-10-11(6-7-21(4)5)12(8-14(22)23)17(18,19)20;;/h11-13,16-18,21,29-30H,10,14-15,19-20H2,1-9H3,(H,42,47);6-10,17H,5,11,22H2,1-4H3;8,10,13,15,24-25H,6-7,9H2,1-5H3;2*1H2/t29-,30?;17-;;;/m00.../s1. The average Bonchev–Trinajstić information content (AvgIpc) is 0.803. The third-order valence-electron chi connectivity index (χ3n) is 16.1. The number of nitrogens with one attached hydrogen (secondary N) is 1. The summed E-state index contributed by atoms with van der Waals surface area (Å²) in [5.41, 5.74) is 9.99. The lowest BCUT2D eigenvalue weighted by Gasteiger charge is -2.30. The molecular weight excluding hydrogens is 1330 g/mol. The molecule has 1 amide bonds. The molecule has 0 aliphatic rings. The third-order valence-corrected chi connectivity index (χ3v) is 16.1. The van der Waals surface area contributed by atoms with Gasteiger partial charge in [0.1, 0.15) is 17.7 Å². The zero-order valence-electron chi connectivity index (χ0n) is 60.2. The number of hydrogen-bond donors (Lipinski definition) is 4. The van der Waals surface area contributed by atoms with Gasteiger partial charge < -0.3 is 49.7 Å². The van der Waals surface area contributed by atoms with Crippen LogP contribution in [0.2, 0.25) is 0 Å². The number of amides is 1. The highest BCUT2D eigenvalue weighted by atomic mass is 32.1. The quantitative estimate of drug-likeness (QED) is 0.0269. The summed E-state index contributed by atoms with van der Waals surface area (Å²) in [6, 6.07) is 15.6. The van der Waals surface area contributed by atoms with Crippen LogP contribution in [-0.4, -0.2) is 108 Å². The zero-order valence-corrected chi connectivity index (χ0v) is 62.2. The Morgan fingerprint density at radius 2 is 0.939 bits per heavy atom. The maximum atomic E-state index is 16.0. The lowest BCUT2D eigenvalue weighted by molar-refractivity contribution is -0.144. The minimum atomic E-state index is -4.78. The van der Waals surface area contributed by atoms with Crippen molar-refractivity contribution >= 4 is 44.8 Å². The fraction of sp³-hybridized carbons (Fsp3) is 0.500. The summed E-state index contributed by atoms with van der Waals surface area (Å²) in [5, 5.41) is 22.1. The normalized spacial score (nSPS) is 13.1. The first-order valence-electron chi connectivity index (χ1n) is 32.2. The molecule has 6 rings (SSSR count). The molecule has 2 unspecified atom stereocenters. The smallest absolute Gasteiger partial charge is 0.416 e.